The number of aliphatic hydroxyl groups is 1. The molecule has 1 heterocycles. The Kier molecular flexibility index (Phi) is 3.67. The summed E-state index contributed by atoms with van der Waals surface area (Å²) in [4.78, 5) is 15.1. The number of carbonyl (C=O) groups excluding carboxylic acids is 1. The Morgan fingerprint density at radius 2 is 2.17 bits per heavy atom. The number of carbonyl (C=O) groups is 1. The van der Waals surface area contributed by atoms with Crippen molar-refractivity contribution in [2.75, 3.05) is 6.61 Å². The lowest BCUT2D eigenvalue weighted by Gasteiger charge is -2.10. The molecule has 0 saturated heterocycles. The highest BCUT2D eigenvalue weighted by Gasteiger charge is 2.13. The quantitative estimate of drug-likeness (QED) is 0.765. The van der Waals surface area contributed by atoms with Crippen molar-refractivity contribution >= 4 is 16.8 Å². The number of benzene rings is 1. The number of amides is 1. The van der Waals surface area contributed by atoms with Crippen LogP contribution in [0.4, 0.5) is 0 Å². The van der Waals surface area contributed by atoms with E-state index in [9.17, 15) is 4.79 Å². The van der Waals surface area contributed by atoms with Crippen molar-refractivity contribution in [2.24, 2.45) is 0 Å². The minimum absolute atomic E-state index is 0.0430. The van der Waals surface area contributed by atoms with Gasteiger partial charge in [0.1, 0.15) is 0 Å². The van der Waals surface area contributed by atoms with E-state index >= 15 is 0 Å². The summed E-state index contributed by atoms with van der Waals surface area (Å²) in [5, 5.41) is 12.8. The Labute approximate surface area is 106 Å². The summed E-state index contributed by atoms with van der Waals surface area (Å²) < 4.78 is 0. The average Bonchev–Trinajstić information content (AvgIpc) is 2.66. The molecular weight excluding hydrogens is 228 g/mol. The minimum atomic E-state index is -0.206. The number of nitrogens with one attached hydrogen (secondary N) is 2. The normalized spacial score (nSPS) is 12.6. The van der Waals surface area contributed by atoms with E-state index < -0.39 is 0 Å². The van der Waals surface area contributed by atoms with Crippen molar-refractivity contribution in [1.29, 1.82) is 0 Å². The zero-order valence-corrected chi connectivity index (χ0v) is 10.7. The molecule has 0 aliphatic rings. The maximum Gasteiger partial charge on any atom is 0.224 e. The van der Waals surface area contributed by atoms with E-state index in [-0.39, 0.29) is 18.6 Å². The van der Waals surface area contributed by atoms with Gasteiger partial charge in [-0.15, -0.1) is 0 Å². The van der Waals surface area contributed by atoms with Gasteiger partial charge in [0.05, 0.1) is 13.0 Å². The van der Waals surface area contributed by atoms with Gasteiger partial charge in [-0.05, 0) is 25.5 Å². The Bertz CT molecular complexity index is 560. The van der Waals surface area contributed by atoms with Crippen LogP contribution in [0.5, 0.6) is 0 Å². The van der Waals surface area contributed by atoms with E-state index in [0.29, 0.717) is 6.42 Å². The molecule has 1 unspecified atom stereocenters. The second-order valence-electron chi connectivity index (χ2n) is 4.60. The van der Waals surface area contributed by atoms with E-state index in [4.69, 9.17) is 5.11 Å². The number of aromatic nitrogens is 1. The number of para-hydroxylation sites is 1. The van der Waals surface area contributed by atoms with Crippen molar-refractivity contribution in [3.8, 4) is 0 Å². The molecule has 0 spiro atoms. The Hall–Kier alpha value is -1.81. The molecule has 0 aliphatic carbocycles. The van der Waals surface area contributed by atoms with Crippen LogP contribution in [0.2, 0.25) is 0 Å². The van der Waals surface area contributed by atoms with Crippen LogP contribution in [-0.2, 0) is 11.2 Å². The number of hydrogen-bond donors (Lipinski definition) is 3. The number of H-pyrrole nitrogens is 1. The highest BCUT2D eigenvalue weighted by Crippen LogP contribution is 2.22. The summed E-state index contributed by atoms with van der Waals surface area (Å²) in [6.45, 7) is 3.71. The fourth-order valence-electron chi connectivity index (χ4n) is 2.09. The van der Waals surface area contributed by atoms with E-state index in [0.717, 1.165) is 22.2 Å². The highest BCUT2D eigenvalue weighted by atomic mass is 16.3. The fourth-order valence-corrected chi connectivity index (χ4v) is 2.09. The number of aliphatic hydroxyl groups excluding tert-OH is 1. The van der Waals surface area contributed by atoms with Crippen LogP contribution in [-0.4, -0.2) is 28.6 Å². The van der Waals surface area contributed by atoms with Gasteiger partial charge in [-0.1, -0.05) is 18.2 Å². The SMILES string of the molecule is Cc1[nH]c2ccccc2c1CC(=O)NC(C)CO. The Morgan fingerprint density at radius 1 is 1.44 bits per heavy atom. The third-order valence-electron chi connectivity index (χ3n) is 3.05. The number of hydrogen-bond acceptors (Lipinski definition) is 2. The summed E-state index contributed by atoms with van der Waals surface area (Å²) in [5.41, 5.74) is 3.09. The molecule has 0 aliphatic heterocycles. The second-order valence-corrected chi connectivity index (χ2v) is 4.60. The largest absolute Gasteiger partial charge is 0.394 e. The molecule has 1 aromatic carbocycles. The van der Waals surface area contributed by atoms with Crippen molar-refractivity contribution in [1.82, 2.24) is 10.3 Å². The van der Waals surface area contributed by atoms with Crippen molar-refractivity contribution in [3.63, 3.8) is 0 Å². The van der Waals surface area contributed by atoms with E-state index in [1.165, 1.54) is 0 Å². The lowest BCUT2D eigenvalue weighted by molar-refractivity contribution is -0.121. The standard InChI is InChI=1S/C14H18N2O2/c1-9(8-17)15-14(18)7-12-10(2)16-13-6-4-3-5-11(12)13/h3-6,9,16-17H,7-8H2,1-2H3,(H,15,18). The molecule has 4 nitrogen and oxygen atoms in total. The van der Waals surface area contributed by atoms with Crippen LogP contribution in [0.1, 0.15) is 18.2 Å². The summed E-state index contributed by atoms with van der Waals surface area (Å²) in [5.74, 6) is -0.0654. The van der Waals surface area contributed by atoms with Gasteiger partial charge >= 0.3 is 0 Å². The molecule has 2 aromatic rings. The van der Waals surface area contributed by atoms with Gasteiger partial charge in [-0.25, -0.2) is 0 Å². The third kappa shape index (κ3) is 2.54. The third-order valence-corrected chi connectivity index (χ3v) is 3.05. The lowest BCUT2D eigenvalue weighted by Crippen LogP contribution is -2.36. The van der Waals surface area contributed by atoms with E-state index in [2.05, 4.69) is 10.3 Å². The molecule has 4 heteroatoms. The first kappa shape index (κ1) is 12.6. The Balaban J connectivity index is 2.21. The van der Waals surface area contributed by atoms with Crippen molar-refractivity contribution < 1.29 is 9.90 Å². The summed E-state index contributed by atoms with van der Waals surface area (Å²) >= 11 is 0. The number of aryl methyl sites for hydroxylation is 1. The minimum Gasteiger partial charge on any atom is -0.394 e. The van der Waals surface area contributed by atoms with Gasteiger partial charge in [-0.3, -0.25) is 4.79 Å². The number of fused-ring (bicyclic) bond motifs is 1. The van der Waals surface area contributed by atoms with Crippen LogP contribution < -0.4 is 5.32 Å². The average molecular weight is 246 g/mol. The molecule has 1 amide bonds. The molecule has 0 saturated carbocycles. The van der Waals surface area contributed by atoms with Gasteiger partial charge in [0, 0.05) is 22.6 Å². The first-order valence-electron chi connectivity index (χ1n) is 6.08. The predicted octanol–water partition coefficient (Wildman–Crippen LogP) is 1.52. The van der Waals surface area contributed by atoms with Crippen LogP contribution in [0.15, 0.2) is 24.3 Å². The van der Waals surface area contributed by atoms with Gasteiger partial charge in [0.25, 0.3) is 0 Å². The Morgan fingerprint density at radius 3 is 2.89 bits per heavy atom. The topological polar surface area (TPSA) is 65.1 Å². The molecule has 0 radical (unpaired) electrons. The second kappa shape index (κ2) is 5.23. The fraction of sp³-hybridized carbons (Fsp3) is 0.357. The number of rotatable bonds is 4. The summed E-state index contributed by atoms with van der Waals surface area (Å²) in [7, 11) is 0. The van der Waals surface area contributed by atoms with Crippen LogP contribution in [0.3, 0.4) is 0 Å². The number of aromatic amines is 1. The molecule has 96 valence electrons. The molecule has 18 heavy (non-hydrogen) atoms. The van der Waals surface area contributed by atoms with Crippen LogP contribution in [0.25, 0.3) is 10.9 Å². The zero-order chi connectivity index (χ0) is 13.1. The molecule has 0 fully saturated rings. The molecule has 1 aromatic heterocycles. The molecule has 0 bridgehead atoms. The molecule has 1 atom stereocenters. The van der Waals surface area contributed by atoms with Crippen LogP contribution >= 0.6 is 0 Å². The predicted molar refractivity (Wildman–Crippen MR) is 71.4 cm³/mol. The molecular formula is C14H18N2O2. The van der Waals surface area contributed by atoms with Crippen molar-refractivity contribution in [3.05, 3.63) is 35.5 Å². The smallest absolute Gasteiger partial charge is 0.224 e. The molecule has 2 rings (SSSR count). The molecule has 3 N–H and O–H groups in total. The van der Waals surface area contributed by atoms with Gasteiger partial charge in [0.15, 0.2) is 0 Å². The van der Waals surface area contributed by atoms with Crippen molar-refractivity contribution in [2.45, 2.75) is 26.3 Å². The van der Waals surface area contributed by atoms with Gasteiger partial charge in [-0.2, -0.15) is 0 Å². The van der Waals surface area contributed by atoms with E-state index in [1.807, 2.05) is 31.2 Å². The highest BCUT2D eigenvalue weighted by molar-refractivity contribution is 5.90. The maximum atomic E-state index is 11.8. The van der Waals surface area contributed by atoms with Crippen LogP contribution in [0, 0.1) is 6.92 Å². The summed E-state index contributed by atoms with van der Waals surface area (Å²) in [6, 6.07) is 7.74. The monoisotopic (exact) mass is 246 g/mol. The summed E-state index contributed by atoms with van der Waals surface area (Å²) in [6.07, 6.45) is 0.334. The van der Waals surface area contributed by atoms with Gasteiger partial charge in [0.2, 0.25) is 5.91 Å². The maximum absolute atomic E-state index is 11.8. The first-order chi connectivity index (χ1) is 8.61. The van der Waals surface area contributed by atoms with Gasteiger partial charge < -0.3 is 15.4 Å². The van der Waals surface area contributed by atoms with E-state index in [1.54, 1.807) is 6.92 Å². The zero-order valence-electron chi connectivity index (χ0n) is 10.7. The lowest BCUT2D eigenvalue weighted by atomic mass is 10.1. The first-order valence-corrected chi connectivity index (χ1v) is 6.08.